The molecule has 0 saturated heterocycles. The molecule has 0 aromatic carbocycles. The number of amides is 1. The molecular formula is C17H35NO3. The fourth-order valence-electron chi connectivity index (χ4n) is 2.85. The summed E-state index contributed by atoms with van der Waals surface area (Å²) in [6.45, 7) is 15.4. The van der Waals surface area contributed by atoms with Gasteiger partial charge in [0, 0.05) is 13.2 Å². The van der Waals surface area contributed by atoms with Crippen LogP contribution >= 0.6 is 0 Å². The fraction of sp³-hybridized carbons (Fsp3) is 0.941. The number of aliphatic hydroxyl groups excluding tert-OH is 1. The smallest absolute Gasteiger partial charge is 0.407 e. The Bertz CT molecular complexity index is 316. The predicted molar refractivity (Wildman–Crippen MR) is 87.4 cm³/mol. The van der Waals surface area contributed by atoms with Gasteiger partial charge in [-0.2, -0.15) is 0 Å². The SMILES string of the molecule is CC(C)(CCCO)CC(C)(C)CCNC(=O)OC(C)(C)C. The van der Waals surface area contributed by atoms with E-state index >= 15 is 0 Å². The van der Waals surface area contributed by atoms with E-state index in [0.29, 0.717) is 6.54 Å². The standard InChI is InChI=1S/C17H35NO3/c1-15(2,3)21-14(20)18-11-10-17(6,7)13-16(4,5)9-8-12-19/h19H,8-13H2,1-7H3,(H,18,20). The summed E-state index contributed by atoms with van der Waals surface area (Å²) in [4.78, 5) is 11.6. The van der Waals surface area contributed by atoms with E-state index in [1.807, 2.05) is 20.8 Å². The molecule has 0 fully saturated rings. The number of aliphatic hydroxyl groups is 1. The van der Waals surface area contributed by atoms with Crippen molar-refractivity contribution in [3.05, 3.63) is 0 Å². The lowest BCUT2D eigenvalue weighted by atomic mass is 9.71. The molecular weight excluding hydrogens is 266 g/mol. The molecule has 2 N–H and O–H groups in total. The second-order valence-electron chi connectivity index (χ2n) is 8.51. The first-order valence-electron chi connectivity index (χ1n) is 7.95. The Labute approximate surface area is 130 Å². The third kappa shape index (κ3) is 11.6. The van der Waals surface area contributed by atoms with Crippen LogP contribution in [0.3, 0.4) is 0 Å². The molecule has 4 nitrogen and oxygen atoms in total. The number of ether oxygens (including phenoxy) is 1. The summed E-state index contributed by atoms with van der Waals surface area (Å²) in [5, 5.41) is 11.8. The number of hydrogen-bond donors (Lipinski definition) is 2. The van der Waals surface area contributed by atoms with E-state index in [0.717, 1.165) is 25.7 Å². The Morgan fingerprint density at radius 3 is 2.00 bits per heavy atom. The summed E-state index contributed by atoms with van der Waals surface area (Å²) in [5.74, 6) is 0. The maximum absolute atomic E-state index is 11.6. The Morgan fingerprint density at radius 2 is 1.52 bits per heavy atom. The third-order valence-corrected chi connectivity index (χ3v) is 3.44. The van der Waals surface area contributed by atoms with E-state index < -0.39 is 5.60 Å². The van der Waals surface area contributed by atoms with Gasteiger partial charge in [-0.05, 0) is 57.3 Å². The van der Waals surface area contributed by atoms with E-state index in [-0.39, 0.29) is 23.5 Å². The van der Waals surface area contributed by atoms with Gasteiger partial charge in [-0.25, -0.2) is 4.79 Å². The van der Waals surface area contributed by atoms with Gasteiger partial charge in [0.2, 0.25) is 0 Å². The molecule has 0 aliphatic rings. The first kappa shape index (κ1) is 20.2. The van der Waals surface area contributed by atoms with Gasteiger partial charge in [-0.1, -0.05) is 27.7 Å². The number of carbonyl (C=O) groups is 1. The van der Waals surface area contributed by atoms with Crippen LogP contribution in [0.1, 0.15) is 74.1 Å². The molecule has 0 bridgehead atoms. The molecule has 0 unspecified atom stereocenters. The van der Waals surface area contributed by atoms with Crippen molar-refractivity contribution >= 4 is 6.09 Å². The summed E-state index contributed by atoms with van der Waals surface area (Å²) in [5.41, 5.74) is -0.0992. The van der Waals surface area contributed by atoms with Crippen molar-refractivity contribution in [1.82, 2.24) is 5.32 Å². The quantitative estimate of drug-likeness (QED) is 0.709. The molecule has 1 amide bonds. The highest BCUT2D eigenvalue weighted by Gasteiger charge is 2.28. The van der Waals surface area contributed by atoms with Gasteiger partial charge >= 0.3 is 6.09 Å². The van der Waals surface area contributed by atoms with Gasteiger partial charge < -0.3 is 15.2 Å². The van der Waals surface area contributed by atoms with Gasteiger partial charge in [0.05, 0.1) is 0 Å². The van der Waals surface area contributed by atoms with Gasteiger partial charge in [-0.3, -0.25) is 0 Å². The monoisotopic (exact) mass is 301 g/mol. The average molecular weight is 301 g/mol. The Kier molecular flexibility index (Phi) is 7.73. The van der Waals surface area contributed by atoms with Crippen LogP contribution < -0.4 is 5.32 Å². The lowest BCUT2D eigenvalue weighted by Gasteiger charge is -2.35. The van der Waals surface area contributed by atoms with Crippen molar-refractivity contribution in [2.75, 3.05) is 13.2 Å². The zero-order valence-electron chi connectivity index (χ0n) is 15.0. The van der Waals surface area contributed by atoms with Crippen LogP contribution in [0.5, 0.6) is 0 Å². The molecule has 0 saturated carbocycles. The first-order chi connectivity index (χ1) is 9.37. The Hall–Kier alpha value is -0.770. The van der Waals surface area contributed by atoms with E-state index in [1.54, 1.807) is 0 Å². The van der Waals surface area contributed by atoms with Crippen LogP contribution in [0.2, 0.25) is 0 Å². The normalized spacial score (nSPS) is 13.1. The van der Waals surface area contributed by atoms with Gasteiger partial charge in [0.1, 0.15) is 5.60 Å². The van der Waals surface area contributed by atoms with Crippen LogP contribution in [0, 0.1) is 10.8 Å². The summed E-state index contributed by atoms with van der Waals surface area (Å²) in [7, 11) is 0. The minimum Gasteiger partial charge on any atom is -0.444 e. The van der Waals surface area contributed by atoms with Gasteiger partial charge in [-0.15, -0.1) is 0 Å². The molecule has 0 atom stereocenters. The molecule has 0 aliphatic carbocycles. The molecule has 0 radical (unpaired) electrons. The number of alkyl carbamates (subject to hydrolysis) is 1. The Balaban J connectivity index is 4.16. The molecule has 21 heavy (non-hydrogen) atoms. The zero-order valence-corrected chi connectivity index (χ0v) is 15.0. The van der Waals surface area contributed by atoms with Crippen LogP contribution in [0.25, 0.3) is 0 Å². The largest absolute Gasteiger partial charge is 0.444 e. The molecule has 0 aromatic rings. The van der Waals surface area contributed by atoms with E-state index in [1.165, 1.54) is 0 Å². The van der Waals surface area contributed by atoms with Crippen molar-refractivity contribution < 1.29 is 14.6 Å². The van der Waals surface area contributed by atoms with Crippen molar-refractivity contribution in [3.63, 3.8) is 0 Å². The highest BCUT2D eigenvalue weighted by atomic mass is 16.6. The fourth-order valence-corrected chi connectivity index (χ4v) is 2.85. The number of rotatable bonds is 8. The second kappa shape index (κ2) is 8.02. The highest BCUT2D eigenvalue weighted by molar-refractivity contribution is 5.67. The maximum Gasteiger partial charge on any atom is 0.407 e. The zero-order chi connectivity index (χ0) is 16.7. The average Bonchev–Trinajstić information content (AvgIpc) is 2.21. The van der Waals surface area contributed by atoms with Crippen molar-refractivity contribution in [2.24, 2.45) is 10.8 Å². The molecule has 0 aromatic heterocycles. The van der Waals surface area contributed by atoms with Gasteiger partial charge in [0.25, 0.3) is 0 Å². The minimum absolute atomic E-state index is 0.147. The molecule has 0 aliphatic heterocycles. The first-order valence-corrected chi connectivity index (χ1v) is 7.95. The molecule has 0 heterocycles. The minimum atomic E-state index is -0.452. The Morgan fingerprint density at radius 1 is 1.00 bits per heavy atom. The summed E-state index contributed by atoms with van der Waals surface area (Å²) < 4.78 is 5.23. The summed E-state index contributed by atoms with van der Waals surface area (Å²) >= 11 is 0. The molecule has 126 valence electrons. The molecule has 0 spiro atoms. The third-order valence-electron chi connectivity index (χ3n) is 3.44. The van der Waals surface area contributed by atoms with E-state index in [2.05, 4.69) is 33.0 Å². The summed E-state index contributed by atoms with van der Waals surface area (Å²) in [6, 6.07) is 0. The van der Waals surface area contributed by atoms with Crippen molar-refractivity contribution in [3.8, 4) is 0 Å². The van der Waals surface area contributed by atoms with Crippen LogP contribution in [0.15, 0.2) is 0 Å². The summed E-state index contributed by atoms with van der Waals surface area (Å²) in [6.07, 6.45) is 3.49. The molecule has 4 heteroatoms. The van der Waals surface area contributed by atoms with Gasteiger partial charge in [0.15, 0.2) is 0 Å². The maximum atomic E-state index is 11.6. The predicted octanol–water partition coefficient (Wildman–Crippen LogP) is 4.12. The van der Waals surface area contributed by atoms with E-state index in [4.69, 9.17) is 9.84 Å². The number of hydrogen-bond acceptors (Lipinski definition) is 3. The van der Waals surface area contributed by atoms with Crippen molar-refractivity contribution in [1.29, 1.82) is 0 Å². The second-order valence-corrected chi connectivity index (χ2v) is 8.51. The van der Waals surface area contributed by atoms with Crippen LogP contribution in [-0.2, 0) is 4.74 Å². The van der Waals surface area contributed by atoms with Crippen LogP contribution in [0.4, 0.5) is 4.79 Å². The molecule has 0 rings (SSSR count). The van der Waals surface area contributed by atoms with Crippen molar-refractivity contribution in [2.45, 2.75) is 79.8 Å². The number of carbonyl (C=O) groups excluding carboxylic acids is 1. The topological polar surface area (TPSA) is 58.6 Å². The lowest BCUT2D eigenvalue weighted by Crippen LogP contribution is -2.35. The van der Waals surface area contributed by atoms with E-state index in [9.17, 15) is 4.79 Å². The lowest BCUT2D eigenvalue weighted by molar-refractivity contribution is 0.0518. The van der Waals surface area contributed by atoms with Crippen LogP contribution in [-0.4, -0.2) is 30.0 Å². The number of nitrogens with one attached hydrogen (secondary N) is 1. The highest BCUT2D eigenvalue weighted by Crippen LogP contribution is 2.38.